The van der Waals surface area contributed by atoms with Gasteiger partial charge < -0.3 is 24.8 Å². The highest BCUT2D eigenvalue weighted by Crippen LogP contribution is 2.47. The van der Waals surface area contributed by atoms with Crippen LogP contribution in [0.3, 0.4) is 0 Å². The first-order valence-electron chi connectivity index (χ1n) is 9.42. The fraction of sp³-hybridized carbons (Fsp3) is 0.737. The molecule has 0 amide bonds. The van der Waals surface area contributed by atoms with Gasteiger partial charge in [-0.25, -0.2) is 4.79 Å². The third kappa shape index (κ3) is 4.91. The van der Waals surface area contributed by atoms with Crippen LogP contribution in [0.15, 0.2) is 23.4 Å². The molecular weight excluding hydrogens is 324 g/mol. The van der Waals surface area contributed by atoms with Crippen molar-refractivity contribution in [3.05, 3.63) is 23.4 Å². The van der Waals surface area contributed by atoms with Gasteiger partial charge in [0.05, 0.1) is 6.61 Å². The molecule has 6 nitrogen and oxygen atoms in total. The molecule has 0 radical (unpaired) electrons. The van der Waals surface area contributed by atoms with Gasteiger partial charge in [-0.2, -0.15) is 0 Å². The largest absolute Gasteiger partial charge is 0.506 e. The Morgan fingerprint density at radius 3 is 2.20 bits per heavy atom. The molecule has 1 saturated heterocycles. The molecule has 0 saturated carbocycles. The highest BCUT2D eigenvalue weighted by molar-refractivity contribution is 5.88. The lowest BCUT2D eigenvalue weighted by molar-refractivity contribution is -0.148. The Morgan fingerprint density at radius 2 is 1.60 bits per heavy atom. The number of epoxide rings is 1. The van der Waals surface area contributed by atoms with Crippen molar-refractivity contribution in [2.24, 2.45) is 0 Å². The molecule has 2 rings (SSSR count). The van der Waals surface area contributed by atoms with Crippen LogP contribution in [0.2, 0.25) is 0 Å². The summed E-state index contributed by atoms with van der Waals surface area (Å²) in [5.41, 5.74) is -1.47. The Morgan fingerprint density at radius 1 is 1.04 bits per heavy atom. The molecule has 0 spiro atoms. The maximum atomic E-state index is 12.1. The second-order valence-corrected chi connectivity index (χ2v) is 6.87. The third-order valence-corrected chi connectivity index (χ3v) is 4.78. The molecule has 3 N–H and O–H groups in total. The van der Waals surface area contributed by atoms with E-state index in [0.29, 0.717) is 0 Å². The second-order valence-electron chi connectivity index (χ2n) is 6.87. The molecule has 0 aromatic carbocycles. The monoisotopic (exact) mass is 354 g/mol. The van der Waals surface area contributed by atoms with Crippen molar-refractivity contribution in [1.82, 2.24) is 0 Å². The van der Waals surface area contributed by atoms with Gasteiger partial charge >= 0.3 is 5.97 Å². The van der Waals surface area contributed by atoms with E-state index in [9.17, 15) is 20.1 Å². The van der Waals surface area contributed by atoms with Crippen LogP contribution in [0.25, 0.3) is 0 Å². The average Bonchev–Trinajstić information content (AvgIpc) is 3.33. The van der Waals surface area contributed by atoms with Crippen LogP contribution in [-0.4, -0.2) is 39.6 Å². The van der Waals surface area contributed by atoms with Gasteiger partial charge in [0.1, 0.15) is 0 Å². The number of aliphatic hydroxyl groups is 3. The SMILES string of the molecule is CCCCCCCCCCCCOC(=O)C12C=C(O)C(O)=C(O)C1O2. The molecule has 0 bridgehead atoms. The predicted octanol–water partition coefficient (Wildman–Crippen LogP) is 4.37. The van der Waals surface area contributed by atoms with Crippen molar-refractivity contribution >= 4 is 5.97 Å². The average molecular weight is 354 g/mol. The first-order valence-corrected chi connectivity index (χ1v) is 9.42. The first kappa shape index (κ1) is 19.6. The molecule has 2 aliphatic rings. The Kier molecular flexibility index (Phi) is 7.17. The molecule has 25 heavy (non-hydrogen) atoms. The summed E-state index contributed by atoms with van der Waals surface area (Å²) in [6.07, 6.45) is 12.1. The van der Waals surface area contributed by atoms with Gasteiger partial charge in [-0.1, -0.05) is 64.7 Å². The van der Waals surface area contributed by atoms with E-state index < -0.39 is 35.0 Å². The summed E-state index contributed by atoms with van der Waals surface area (Å²) in [5.74, 6) is -2.39. The van der Waals surface area contributed by atoms with E-state index in [1.807, 2.05) is 0 Å². The van der Waals surface area contributed by atoms with Gasteiger partial charge in [-0.3, -0.25) is 0 Å². The maximum absolute atomic E-state index is 12.1. The molecular formula is C19H30O6. The van der Waals surface area contributed by atoms with E-state index in [1.165, 1.54) is 44.9 Å². The molecule has 2 unspecified atom stereocenters. The zero-order valence-corrected chi connectivity index (χ0v) is 15.0. The van der Waals surface area contributed by atoms with Gasteiger partial charge in [0.2, 0.25) is 5.60 Å². The summed E-state index contributed by atoms with van der Waals surface area (Å²) >= 11 is 0. The molecule has 6 heteroatoms. The van der Waals surface area contributed by atoms with Crippen molar-refractivity contribution in [3.63, 3.8) is 0 Å². The van der Waals surface area contributed by atoms with Gasteiger partial charge in [-0.15, -0.1) is 0 Å². The molecule has 1 heterocycles. The highest BCUT2D eigenvalue weighted by atomic mass is 16.7. The van der Waals surface area contributed by atoms with Crippen LogP contribution < -0.4 is 0 Å². The maximum Gasteiger partial charge on any atom is 0.345 e. The summed E-state index contributed by atoms with van der Waals surface area (Å²) in [4.78, 5) is 12.1. The molecule has 0 aromatic heterocycles. The first-order chi connectivity index (χ1) is 12.0. The van der Waals surface area contributed by atoms with E-state index in [-0.39, 0.29) is 6.61 Å². The molecule has 142 valence electrons. The minimum atomic E-state index is -1.47. The smallest absolute Gasteiger partial charge is 0.345 e. The van der Waals surface area contributed by atoms with E-state index >= 15 is 0 Å². The van der Waals surface area contributed by atoms with Crippen LogP contribution in [0.5, 0.6) is 0 Å². The van der Waals surface area contributed by atoms with Crippen LogP contribution in [-0.2, 0) is 14.3 Å². The number of rotatable bonds is 12. The van der Waals surface area contributed by atoms with Crippen LogP contribution in [0.4, 0.5) is 0 Å². The lowest BCUT2D eigenvalue weighted by atomic mass is 9.97. The van der Waals surface area contributed by atoms with Gasteiger partial charge in [0.15, 0.2) is 23.4 Å². The van der Waals surface area contributed by atoms with E-state index in [4.69, 9.17) is 9.47 Å². The zero-order chi connectivity index (χ0) is 18.3. The standard InChI is InChI=1S/C19H30O6/c1-2-3-4-5-6-7-8-9-10-11-12-24-18(23)19-13-14(20)15(21)16(22)17(19)25-19/h13,17,20-22H,2-12H2,1H3. The van der Waals surface area contributed by atoms with Crippen molar-refractivity contribution < 1.29 is 29.6 Å². The minimum absolute atomic E-state index is 0.290. The number of fused-ring (bicyclic) bond motifs is 1. The quantitative estimate of drug-likeness (QED) is 0.273. The zero-order valence-electron chi connectivity index (χ0n) is 15.0. The predicted molar refractivity (Wildman–Crippen MR) is 93.4 cm³/mol. The normalized spacial score (nSPS) is 24.7. The molecule has 1 aliphatic heterocycles. The van der Waals surface area contributed by atoms with Crippen molar-refractivity contribution in [3.8, 4) is 0 Å². The van der Waals surface area contributed by atoms with Crippen LogP contribution >= 0.6 is 0 Å². The lowest BCUT2D eigenvalue weighted by Gasteiger charge is -2.13. The van der Waals surface area contributed by atoms with Crippen molar-refractivity contribution in [2.45, 2.75) is 82.8 Å². The Bertz CT molecular complexity index is 524. The van der Waals surface area contributed by atoms with Crippen molar-refractivity contribution in [1.29, 1.82) is 0 Å². The topological polar surface area (TPSA) is 99.5 Å². The van der Waals surface area contributed by atoms with Gasteiger partial charge in [0, 0.05) is 6.08 Å². The van der Waals surface area contributed by atoms with Crippen LogP contribution in [0.1, 0.15) is 71.1 Å². The van der Waals surface area contributed by atoms with Crippen molar-refractivity contribution in [2.75, 3.05) is 6.61 Å². The number of ether oxygens (including phenoxy) is 2. The summed E-state index contributed by atoms with van der Waals surface area (Å²) in [5, 5.41) is 28.5. The number of esters is 1. The number of aliphatic hydroxyl groups excluding tert-OH is 3. The van der Waals surface area contributed by atoms with E-state index in [0.717, 1.165) is 25.3 Å². The molecule has 0 aromatic rings. The van der Waals surface area contributed by atoms with Gasteiger partial charge in [-0.05, 0) is 6.42 Å². The fourth-order valence-electron chi connectivity index (χ4n) is 3.14. The summed E-state index contributed by atoms with van der Waals surface area (Å²) in [6, 6.07) is 0. The highest BCUT2D eigenvalue weighted by Gasteiger charge is 2.68. The van der Waals surface area contributed by atoms with Gasteiger partial charge in [0.25, 0.3) is 0 Å². The summed E-state index contributed by atoms with van der Waals surface area (Å²) < 4.78 is 10.3. The molecule has 1 aliphatic carbocycles. The summed E-state index contributed by atoms with van der Waals surface area (Å²) in [6.45, 7) is 2.51. The Hall–Kier alpha value is -1.69. The van der Waals surface area contributed by atoms with Crippen LogP contribution in [0, 0.1) is 0 Å². The Labute approximate surface area is 149 Å². The number of hydrogen-bond acceptors (Lipinski definition) is 6. The fourth-order valence-corrected chi connectivity index (χ4v) is 3.14. The molecule has 2 atom stereocenters. The van der Waals surface area contributed by atoms with E-state index in [1.54, 1.807) is 0 Å². The number of carbonyl (C=O) groups is 1. The molecule has 1 fully saturated rings. The van der Waals surface area contributed by atoms with E-state index in [2.05, 4.69) is 6.92 Å². The summed E-state index contributed by atoms with van der Waals surface area (Å²) in [7, 11) is 0. The number of hydrogen-bond donors (Lipinski definition) is 3. The Balaban J connectivity index is 1.53. The third-order valence-electron chi connectivity index (χ3n) is 4.78. The second kappa shape index (κ2) is 9.13. The number of carbonyl (C=O) groups excluding carboxylic acids is 1. The minimum Gasteiger partial charge on any atom is -0.506 e. The number of unbranched alkanes of at least 4 members (excludes halogenated alkanes) is 9. The lowest BCUT2D eigenvalue weighted by Crippen LogP contribution is -2.31.